The van der Waals surface area contributed by atoms with Crippen LogP contribution in [0, 0.1) is 0 Å². The van der Waals surface area contributed by atoms with E-state index in [0.717, 1.165) is 0 Å². The van der Waals surface area contributed by atoms with E-state index in [1.165, 1.54) is 12.3 Å². The van der Waals surface area contributed by atoms with E-state index in [4.69, 9.17) is 0 Å². The van der Waals surface area contributed by atoms with Gasteiger partial charge >= 0.3 is 0 Å². The van der Waals surface area contributed by atoms with Crippen LogP contribution in [0.25, 0.3) is 0 Å². The van der Waals surface area contributed by atoms with E-state index in [-0.39, 0.29) is 7.55 Å². The maximum Gasteiger partial charge on any atom is -0.0168 e. The Labute approximate surface area is 45.6 Å². The van der Waals surface area contributed by atoms with Gasteiger partial charge in [0.1, 0.15) is 0 Å². The second kappa shape index (κ2) is 2.37. The van der Waals surface area contributed by atoms with Crippen LogP contribution in [0.4, 0.5) is 0 Å². The third-order valence-electron chi connectivity index (χ3n) is 1.30. The molecule has 0 fully saturated rings. The molecule has 0 radical (unpaired) electrons. The molecule has 40 valence electrons. The predicted molar refractivity (Wildman–Crippen MR) is 38.9 cm³/mol. The summed E-state index contributed by atoms with van der Waals surface area (Å²) in [5.41, 5.74) is 0. The number of hydrogen-bond acceptors (Lipinski definition) is 0. The largest absolute Gasteiger partial charge is 0.114 e. The average molecular weight is 114 g/mol. The van der Waals surface area contributed by atoms with E-state index in [9.17, 15) is 0 Å². The van der Waals surface area contributed by atoms with Gasteiger partial charge in [-0.15, -0.1) is 7.55 Å². The summed E-state index contributed by atoms with van der Waals surface area (Å²) in [7, 11) is 0.0123. The Morgan fingerprint density at radius 3 is 2.86 bits per heavy atom. The van der Waals surface area contributed by atoms with Crippen molar-refractivity contribution in [2.24, 2.45) is 0 Å². The highest BCUT2D eigenvalue weighted by molar-refractivity contribution is 7.58. The van der Waals surface area contributed by atoms with Gasteiger partial charge in [0.25, 0.3) is 0 Å². The predicted octanol–water partition coefficient (Wildman–Crippen LogP) is 1.59. The molecule has 1 unspecified atom stereocenters. The molecule has 0 nitrogen and oxygen atoms in total. The molecule has 0 N–H and O–H groups in total. The second-order valence-corrected chi connectivity index (χ2v) is 4.58. The lowest BCUT2D eigenvalue weighted by Crippen LogP contribution is -1.67. The van der Waals surface area contributed by atoms with Crippen LogP contribution in [0.5, 0.6) is 0 Å². The smallest absolute Gasteiger partial charge is 0.0168 e. The van der Waals surface area contributed by atoms with E-state index < -0.39 is 0 Å². The topological polar surface area (TPSA) is 0 Å². The van der Waals surface area contributed by atoms with Gasteiger partial charge in [-0.3, -0.25) is 0 Å². The van der Waals surface area contributed by atoms with Crippen LogP contribution in [0.15, 0.2) is 12.2 Å². The number of hydrogen-bond donors (Lipinski definition) is 0. The minimum atomic E-state index is 0.0123. The molecular formula is C6H11P. The van der Waals surface area contributed by atoms with Gasteiger partial charge in [-0.2, -0.15) is 0 Å². The summed E-state index contributed by atoms with van der Waals surface area (Å²) >= 11 is 0. The summed E-state index contributed by atoms with van der Waals surface area (Å²) < 4.78 is 0. The Morgan fingerprint density at radius 1 is 1.71 bits per heavy atom. The molecule has 0 bridgehead atoms. The first-order valence-corrected chi connectivity index (χ1v) is 4.77. The minimum Gasteiger partial charge on any atom is -0.114 e. The van der Waals surface area contributed by atoms with Gasteiger partial charge in [0.05, 0.1) is 0 Å². The fourth-order valence-electron chi connectivity index (χ4n) is 0.754. The average Bonchev–Trinajstić information content (AvgIpc) is 2.14. The van der Waals surface area contributed by atoms with E-state index in [1.807, 2.05) is 0 Å². The molecule has 7 heavy (non-hydrogen) atoms. The van der Waals surface area contributed by atoms with Gasteiger partial charge in [-0.05, 0) is 12.3 Å². The van der Waals surface area contributed by atoms with Crippen molar-refractivity contribution in [2.75, 3.05) is 12.3 Å². The normalized spacial score (nSPS) is 27.9. The van der Waals surface area contributed by atoms with Crippen LogP contribution in [-0.2, 0) is 0 Å². The monoisotopic (exact) mass is 114 g/mol. The standard InChI is InChI=1S/C6H11P/c1-2-7-5-3-4-6-7/h3-5,7H,2,6H2,1H3. The van der Waals surface area contributed by atoms with E-state index in [2.05, 4.69) is 24.9 Å². The maximum absolute atomic E-state index is 2.38. The molecule has 0 spiro atoms. The van der Waals surface area contributed by atoms with E-state index in [0.29, 0.717) is 0 Å². The van der Waals surface area contributed by atoms with Crippen LogP contribution < -0.4 is 0 Å². The Hall–Kier alpha value is 0.0400. The van der Waals surface area contributed by atoms with Gasteiger partial charge in [-0.25, -0.2) is 0 Å². The lowest BCUT2D eigenvalue weighted by Gasteiger charge is -1.90. The Morgan fingerprint density at radius 2 is 2.57 bits per heavy atom. The summed E-state index contributed by atoms with van der Waals surface area (Å²) in [6.45, 7) is 2.28. The van der Waals surface area contributed by atoms with Crippen LogP contribution in [0.1, 0.15) is 6.92 Å². The van der Waals surface area contributed by atoms with Crippen molar-refractivity contribution in [3.05, 3.63) is 12.2 Å². The molecule has 1 rings (SSSR count). The summed E-state index contributed by atoms with van der Waals surface area (Å²) in [4.78, 5) is 0. The van der Waals surface area contributed by atoms with Crippen molar-refractivity contribution < 1.29 is 0 Å². The zero-order chi connectivity index (χ0) is 5.11. The summed E-state index contributed by atoms with van der Waals surface area (Å²) in [6.07, 6.45) is 7.26. The zero-order valence-electron chi connectivity index (χ0n) is 4.65. The van der Waals surface area contributed by atoms with Gasteiger partial charge in [0.2, 0.25) is 0 Å². The summed E-state index contributed by atoms with van der Waals surface area (Å²) in [5.74, 6) is 2.38. The third-order valence-corrected chi connectivity index (χ3v) is 3.63. The highest BCUT2D eigenvalue weighted by Gasteiger charge is 1.90. The summed E-state index contributed by atoms with van der Waals surface area (Å²) in [5, 5.41) is 0. The van der Waals surface area contributed by atoms with E-state index in [1.54, 1.807) is 0 Å². The summed E-state index contributed by atoms with van der Waals surface area (Å²) in [6, 6.07) is 0. The molecular weight excluding hydrogens is 103 g/mol. The molecule has 0 aromatic heterocycles. The Kier molecular flexibility index (Phi) is 1.76. The van der Waals surface area contributed by atoms with Crippen molar-refractivity contribution in [2.45, 2.75) is 6.92 Å². The Bertz CT molecular complexity index is 111. The first-order chi connectivity index (χ1) is 3.43. The quantitative estimate of drug-likeness (QED) is 0.454. The highest BCUT2D eigenvalue weighted by atomic mass is 31.1. The molecule has 1 heteroatoms. The van der Waals surface area contributed by atoms with Crippen LogP contribution in [0.3, 0.4) is 0 Å². The van der Waals surface area contributed by atoms with Crippen molar-refractivity contribution in [1.82, 2.24) is 0 Å². The van der Waals surface area contributed by atoms with Gasteiger partial charge in [0, 0.05) is 0 Å². The van der Waals surface area contributed by atoms with Crippen molar-refractivity contribution in [1.29, 1.82) is 0 Å². The number of rotatable bonds is 1. The molecule has 0 aromatic rings. The molecule has 0 amide bonds. The van der Waals surface area contributed by atoms with Gasteiger partial charge in [-0.1, -0.05) is 24.9 Å². The lowest BCUT2D eigenvalue weighted by atomic mass is 10.6. The molecule has 0 aliphatic carbocycles. The number of allylic oxidation sites excluding steroid dienone is 2. The molecule has 0 saturated carbocycles. The molecule has 0 saturated heterocycles. The zero-order valence-corrected chi connectivity index (χ0v) is 5.65. The lowest BCUT2D eigenvalue weighted by molar-refractivity contribution is 1.50. The SMILES string of the molecule is CC[PH]1=CC=CC1. The molecule has 0 aromatic carbocycles. The third kappa shape index (κ3) is 1.21. The molecule has 1 aliphatic rings. The second-order valence-electron chi connectivity index (χ2n) is 1.81. The van der Waals surface area contributed by atoms with Gasteiger partial charge < -0.3 is 0 Å². The highest BCUT2D eigenvalue weighted by Crippen LogP contribution is 2.24. The first kappa shape index (κ1) is 5.18. The van der Waals surface area contributed by atoms with Crippen LogP contribution in [0.2, 0.25) is 0 Å². The fraction of sp³-hybridized carbons (Fsp3) is 0.500. The van der Waals surface area contributed by atoms with Crippen LogP contribution >= 0.6 is 7.55 Å². The van der Waals surface area contributed by atoms with Crippen LogP contribution in [-0.4, -0.2) is 18.1 Å². The van der Waals surface area contributed by atoms with Crippen molar-refractivity contribution >= 4 is 13.3 Å². The molecule has 1 aliphatic heterocycles. The van der Waals surface area contributed by atoms with Gasteiger partial charge in [0.15, 0.2) is 0 Å². The molecule has 1 heterocycles. The van der Waals surface area contributed by atoms with E-state index >= 15 is 0 Å². The molecule has 1 atom stereocenters. The fourth-order valence-corrected chi connectivity index (χ4v) is 2.26. The maximum atomic E-state index is 2.38. The minimum absolute atomic E-state index is 0.0123. The van der Waals surface area contributed by atoms with Crippen molar-refractivity contribution in [3.63, 3.8) is 0 Å². The Balaban J connectivity index is 2.45. The van der Waals surface area contributed by atoms with Crippen molar-refractivity contribution in [3.8, 4) is 0 Å². The first-order valence-electron chi connectivity index (χ1n) is 2.78.